The molecule has 2 amide bonds. The topological polar surface area (TPSA) is 142 Å². The highest BCUT2D eigenvalue weighted by atomic mass is 35.5. The number of benzene rings is 2. The van der Waals surface area contributed by atoms with Crippen LogP contribution in [0.25, 0.3) is 11.3 Å². The molecule has 1 fully saturated rings. The zero-order valence-electron chi connectivity index (χ0n) is 22.2. The molecule has 0 saturated heterocycles. The number of hydrogen-bond donors (Lipinski definition) is 3. The number of hydroxylamine groups is 1. The van der Waals surface area contributed by atoms with Gasteiger partial charge in [-0.2, -0.15) is 5.26 Å². The van der Waals surface area contributed by atoms with Crippen molar-refractivity contribution in [3.8, 4) is 23.1 Å². The first-order valence-electron chi connectivity index (χ1n) is 13.6. The monoisotopic (exact) mass is 564 g/mol. The van der Waals surface area contributed by atoms with E-state index < -0.39 is 0 Å². The molecule has 210 valence electrons. The number of rotatable bonds is 12. The number of ether oxygens (including phenoxy) is 1. The van der Waals surface area contributed by atoms with Gasteiger partial charge in [0, 0.05) is 30.2 Å². The maximum atomic E-state index is 12.5. The molecule has 1 aliphatic carbocycles. The molecule has 3 aromatic rings. The van der Waals surface area contributed by atoms with E-state index in [2.05, 4.69) is 21.7 Å². The Morgan fingerprint density at radius 2 is 1.82 bits per heavy atom. The quantitative estimate of drug-likeness (QED) is 0.155. The molecular formula is C29H33ClN6O4. The molecule has 11 heteroatoms. The third-order valence-electron chi connectivity index (χ3n) is 7.08. The smallest absolute Gasteiger partial charge is 0.251 e. The lowest BCUT2D eigenvalue weighted by Gasteiger charge is -2.28. The Kier molecular flexibility index (Phi) is 10.5. The van der Waals surface area contributed by atoms with Gasteiger partial charge in [0.1, 0.15) is 17.5 Å². The van der Waals surface area contributed by atoms with Crippen LogP contribution in [0.3, 0.4) is 0 Å². The molecule has 40 heavy (non-hydrogen) atoms. The second-order valence-electron chi connectivity index (χ2n) is 9.92. The summed E-state index contributed by atoms with van der Waals surface area (Å²) in [7, 11) is 0. The summed E-state index contributed by atoms with van der Waals surface area (Å²) in [6, 6.07) is 14.8. The van der Waals surface area contributed by atoms with Crippen LogP contribution in [0.5, 0.6) is 5.75 Å². The first-order valence-corrected chi connectivity index (χ1v) is 13.9. The van der Waals surface area contributed by atoms with E-state index in [4.69, 9.17) is 26.8 Å². The Morgan fingerprint density at radius 3 is 2.52 bits per heavy atom. The molecule has 0 unspecified atom stereocenters. The number of nitrogens with one attached hydrogen (secondary N) is 2. The normalized spacial score (nSPS) is 16.6. The third-order valence-corrected chi connectivity index (χ3v) is 7.39. The van der Waals surface area contributed by atoms with E-state index in [1.165, 1.54) is 0 Å². The molecular weight excluding hydrogens is 532 g/mol. The number of aromatic nitrogens is 3. The van der Waals surface area contributed by atoms with Crippen LogP contribution in [0.2, 0.25) is 5.02 Å². The van der Waals surface area contributed by atoms with Crippen molar-refractivity contribution in [2.24, 2.45) is 0 Å². The average Bonchev–Trinajstić information content (AvgIpc) is 3.47. The summed E-state index contributed by atoms with van der Waals surface area (Å²) in [5, 5.41) is 29.5. The minimum absolute atomic E-state index is 0.0852. The summed E-state index contributed by atoms with van der Waals surface area (Å²) in [6.07, 6.45) is 9.20. The summed E-state index contributed by atoms with van der Waals surface area (Å²) < 4.78 is 8.01. The lowest BCUT2D eigenvalue weighted by molar-refractivity contribution is -0.129. The van der Waals surface area contributed by atoms with Crippen LogP contribution in [-0.4, -0.2) is 44.7 Å². The molecule has 1 aromatic heterocycles. The van der Waals surface area contributed by atoms with Gasteiger partial charge in [-0.25, -0.2) is 10.2 Å². The number of nitrogens with zero attached hydrogens (tertiary/aromatic N) is 4. The van der Waals surface area contributed by atoms with Crippen molar-refractivity contribution in [3.63, 3.8) is 0 Å². The van der Waals surface area contributed by atoms with E-state index in [9.17, 15) is 9.59 Å². The number of halogens is 1. The third kappa shape index (κ3) is 8.04. The van der Waals surface area contributed by atoms with Crippen molar-refractivity contribution in [1.82, 2.24) is 25.8 Å². The molecule has 10 nitrogen and oxygen atoms in total. The molecule has 0 aliphatic heterocycles. The Labute approximate surface area is 238 Å². The molecule has 1 heterocycles. The van der Waals surface area contributed by atoms with Gasteiger partial charge in [0.25, 0.3) is 5.91 Å². The lowest BCUT2D eigenvalue weighted by Crippen LogP contribution is -2.26. The largest absolute Gasteiger partial charge is 0.490 e. The van der Waals surface area contributed by atoms with Crippen LogP contribution in [-0.2, 0) is 4.79 Å². The zero-order valence-corrected chi connectivity index (χ0v) is 22.9. The summed E-state index contributed by atoms with van der Waals surface area (Å²) >= 11 is 6.12. The molecule has 0 bridgehead atoms. The van der Waals surface area contributed by atoms with Gasteiger partial charge in [-0.1, -0.05) is 41.8 Å². The number of carbonyl (C=O) groups is 2. The fourth-order valence-electron chi connectivity index (χ4n) is 4.78. The Morgan fingerprint density at radius 1 is 1.07 bits per heavy atom. The molecule has 3 N–H and O–H groups in total. The highest BCUT2D eigenvalue weighted by molar-refractivity contribution is 6.31. The standard InChI is InChI=1S/C29H33ClN6O4/c30-26-17-25(13-10-22(26)18-31)40-24-14-11-23(12-15-24)36-19-27(33-35-36)20-6-8-21(9-7-20)29(38)32-16-4-2-1-3-5-28(37)34-39/h6-10,13,17,19,23-24,39H,1-5,11-12,14-16H2,(H,32,38)(H,34,37). The highest BCUT2D eigenvalue weighted by Gasteiger charge is 2.25. The van der Waals surface area contributed by atoms with Gasteiger partial charge in [0.2, 0.25) is 5.91 Å². The second-order valence-corrected chi connectivity index (χ2v) is 10.3. The molecule has 0 spiro atoms. The van der Waals surface area contributed by atoms with Crippen molar-refractivity contribution in [2.45, 2.75) is 69.9 Å². The van der Waals surface area contributed by atoms with Gasteiger partial charge < -0.3 is 10.1 Å². The van der Waals surface area contributed by atoms with Crippen LogP contribution in [0.15, 0.2) is 48.7 Å². The Balaban J connectivity index is 1.20. The van der Waals surface area contributed by atoms with Crippen LogP contribution in [0.1, 0.15) is 79.8 Å². The fraction of sp³-hybridized carbons (Fsp3) is 0.414. The van der Waals surface area contributed by atoms with Crippen molar-refractivity contribution in [2.75, 3.05) is 6.54 Å². The Bertz CT molecular complexity index is 1330. The van der Waals surface area contributed by atoms with Crippen LogP contribution in [0, 0.1) is 11.3 Å². The van der Waals surface area contributed by atoms with E-state index in [0.29, 0.717) is 41.3 Å². The summed E-state index contributed by atoms with van der Waals surface area (Å²) in [5.74, 6) is 0.173. The van der Waals surface area contributed by atoms with Crippen molar-refractivity contribution in [1.29, 1.82) is 5.26 Å². The van der Waals surface area contributed by atoms with E-state index in [-0.39, 0.29) is 24.0 Å². The number of amides is 2. The predicted octanol–water partition coefficient (Wildman–Crippen LogP) is 5.22. The minimum Gasteiger partial charge on any atom is -0.490 e. The fourth-order valence-corrected chi connectivity index (χ4v) is 5.00. The van der Waals surface area contributed by atoms with Gasteiger partial charge in [-0.05, 0) is 62.8 Å². The van der Waals surface area contributed by atoms with E-state index in [0.717, 1.165) is 56.2 Å². The number of unbranched alkanes of at least 4 members (excludes halogenated alkanes) is 3. The highest BCUT2D eigenvalue weighted by Crippen LogP contribution is 2.32. The van der Waals surface area contributed by atoms with Crippen LogP contribution in [0.4, 0.5) is 0 Å². The van der Waals surface area contributed by atoms with Crippen LogP contribution < -0.4 is 15.5 Å². The van der Waals surface area contributed by atoms with E-state index >= 15 is 0 Å². The number of nitriles is 1. The molecule has 4 rings (SSSR count). The molecule has 1 aliphatic rings. The molecule has 2 aromatic carbocycles. The maximum absolute atomic E-state index is 12.5. The number of hydrogen-bond acceptors (Lipinski definition) is 7. The summed E-state index contributed by atoms with van der Waals surface area (Å²) in [4.78, 5) is 23.4. The van der Waals surface area contributed by atoms with Gasteiger partial charge >= 0.3 is 0 Å². The summed E-state index contributed by atoms with van der Waals surface area (Å²) in [6.45, 7) is 0.565. The van der Waals surface area contributed by atoms with Gasteiger partial charge in [-0.3, -0.25) is 14.8 Å². The predicted molar refractivity (Wildman–Crippen MR) is 149 cm³/mol. The first kappa shape index (κ1) is 29.1. The lowest BCUT2D eigenvalue weighted by atomic mass is 9.93. The maximum Gasteiger partial charge on any atom is 0.251 e. The molecule has 0 radical (unpaired) electrons. The summed E-state index contributed by atoms with van der Waals surface area (Å²) in [5.41, 5.74) is 4.29. The Hall–Kier alpha value is -3.94. The average molecular weight is 565 g/mol. The van der Waals surface area contributed by atoms with Crippen molar-refractivity contribution in [3.05, 3.63) is 64.8 Å². The first-order chi connectivity index (χ1) is 19.5. The second kappa shape index (κ2) is 14.4. The van der Waals surface area contributed by atoms with Crippen LogP contribution >= 0.6 is 11.6 Å². The van der Waals surface area contributed by atoms with Gasteiger partial charge in [0.05, 0.1) is 28.9 Å². The van der Waals surface area contributed by atoms with Crippen molar-refractivity contribution >= 4 is 23.4 Å². The van der Waals surface area contributed by atoms with E-state index in [1.807, 2.05) is 23.0 Å². The number of carbonyl (C=O) groups excluding carboxylic acids is 2. The SMILES string of the molecule is N#Cc1ccc(OC2CCC(n3cc(-c4ccc(C(=O)NCCCCCCC(=O)NO)cc4)nn3)CC2)cc1Cl. The molecule has 0 atom stereocenters. The van der Waals surface area contributed by atoms with Gasteiger partial charge in [-0.15, -0.1) is 5.10 Å². The zero-order chi connectivity index (χ0) is 28.3. The molecule has 1 saturated carbocycles. The van der Waals surface area contributed by atoms with Gasteiger partial charge in [0.15, 0.2) is 0 Å². The van der Waals surface area contributed by atoms with Crippen molar-refractivity contribution < 1.29 is 19.5 Å². The van der Waals surface area contributed by atoms with E-state index in [1.54, 1.807) is 35.8 Å². The minimum atomic E-state index is -0.375.